The molecule has 0 radical (unpaired) electrons. The molecule has 7 nitrogen and oxygen atoms in total. The van der Waals surface area contributed by atoms with Crippen molar-refractivity contribution in [1.82, 2.24) is 15.5 Å². The molecule has 0 spiro atoms. The highest BCUT2D eigenvalue weighted by Gasteiger charge is 2.24. The first-order chi connectivity index (χ1) is 13.7. The van der Waals surface area contributed by atoms with Gasteiger partial charge in [0.2, 0.25) is 0 Å². The number of rotatable bonds is 7. The van der Waals surface area contributed by atoms with Crippen LogP contribution >= 0.6 is 0 Å². The zero-order valence-corrected chi connectivity index (χ0v) is 16.2. The summed E-state index contributed by atoms with van der Waals surface area (Å²) in [7, 11) is 1.75. The van der Waals surface area contributed by atoms with Crippen LogP contribution in [-0.2, 0) is 13.1 Å². The summed E-state index contributed by atoms with van der Waals surface area (Å²) in [5.74, 6) is 0.741. The van der Waals surface area contributed by atoms with Crippen LogP contribution in [0.5, 0.6) is 0 Å². The minimum Gasteiger partial charge on any atom is -0.355 e. The smallest absolute Gasteiger partial charge is 0.269 e. The second kappa shape index (κ2) is 9.85. The van der Waals surface area contributed by atoms with Crippen LogP contribution in [0.2, 0.25) is 0 Å². The molecule has 3 rings (SSSR count). The lowest BCUT2D eigenvalue weighted by molar-refractivity contribution is -0.384. The Balaban J connectivity index is 1.47. The highest BCUT2D eigenvalue weighted by Crippen LogP contribution is 2.19. The molecule has 28 heavy (non-hydrogen) atoms. The molecule has 0 aliphatic carbocycles. The number of nitrogens with zero attached hydrogens (tertiary/aromatic N) is 3. The van der Waals surface area contributed by atoms with Crippen molar-refractivity contribution in [3.8, 4) is 0 Å². The van der Waals surface area contributed by atoms with E-state index in [0.717, 1.165) is 31.2 Å². The Morgan fingerprint density at radius 2 is 1.89 bits per heavy atom. The van der Waals surface area contributed by atoms with E-state index in [1.165, 1.54) is 30.5 Å². The van der Waals surface area contributed by atoms with Gasteiger partial charge in [0.15, 0.2) is 5.96 Å². The lowest BCUT2D eigenvalue weighted by Crippen LogP contribution is -2.44. The van der Waals surface area contributed by atoms with Crippen LogP contribution in [0.3, 0.4) is 0 Å². The Bertz CT molecular complexity index is 792. The van der Waals surface area contributed by atoms with Crippen LogP contribution in [0.1, 0.15) is 24.0 Å². The number of nitrogens with one attached hydrogen (secondary N) is 2. The number of hydrogen-bond donors (Lipinski definition) is 2. The molecule has 1 aliphatic rings. The Morgan fingerprint density at radius 1 is 1.14 bits per heavy atom. The van der Waals surface area contributed by atoms with Crippen LogP contribution in [0.4, 0.5) is 5.69 Å². The van der Waals surface area contributed by atoms with Gasteiger partial charge >= 0.3 is 0 Å². The minimum atomic E-state index is -0.388. The predicted octanol–water partition coefficient (Wildman–Crippen LogP) is 2.92. The van der Waals surface area contributed by atoms with Crippen molar-refractivity contribution in [1.29, 1.82) is 0 Å². The third-order valence-corrected chi connectivity index (χ3v) is 5.06. The van der Waals surface area contributed by atoms with E-state index in [0.29, 0.717) is 12.6 Å². The van der Waals surface area contributed by atoms with E-state index < -0.39 is 0 Å². The molecular formula is C21H27N5O2. The molecule has 2 aromatic rings. The van der Waals surface area contributed by atoms with Crippen molar-refractivity contribution in [3.63, 3.8) is 0 Å². The average molecular weight is 381 g/mol. The van der Waals surface area contributed by atoms with Gasteiger partial charge in [0.1, 0.15) is 0 Å². The number of nitro benzene ring substituents is 1. The van der Waals surface area contributed by atoms with E-state index in [1.54, 1.807) is 19.2 Å². The van der Waals surface area contributed by atoms with Crippen molar-refractivity contribution >= 4 is 11.6 Å². The van der Waals surface area contributed by atoms with Crippen molar-refractivity contribution in [3.05, 3.63) is 75.8 Å². The quantitative estimate of drug-likeness (QED) is 0.333. The van der Waals surface area contributed by atoms with Crippen LogP contribution in [0.15, 0.2) is 59.6 Å². The fraction of sp³-hybridized carbons (Fsp3) is 0.381. The Morgan fingerprint density at radius 3 is 2.57 bits per heavy atom. The highest BCUT2D eigenvalue weighted by molar-refractivity contribution is 5.79. The zero-order valence-electron chi connectivity index (χ0n) is 16.2. The van der Waals surface area contributed by atoms with Gasteiger partial charge in [-0.05, 0) is 30.5 Å². The van der Waals surface area contributed by atoms with Gasteiger partial charge in [-0.15, -0.1) is 0 Å². The average Bonchev–Trinajstić information content (AvgIpc) is 3.16. The summed E-state index contributed by atoms with van der Waals surface area (Å²) in [4.78, 5) is 17.2. The van der Waals surface area contributed by atoms with Crippen molar-refractivity contribution in [2.75, 3.05) is 20.1 Å². The van der Waals surface area contributed by atoms with Crippen LogP contribution in [0.25, 0.3) is 0 Å². The van der Waals surface area contributed by atoms with Gasteiger partial charge in [0, 0.05) is 44.9 Å². The molecule has 0 aromatic heterocycles. The Kier molecular flexibility index (Phi) is 6.97. The maximum atomic E-state index is 10.7. The summed E-state index contributed by atoms with van der Waals surface area (Å²) in [6.07, 6.45) is 2.40. The lowest BCUT2D eigenvalue weighted by Gasteiger charge is -2.25. The summed E-state index contributed by atoms with van der Waals surface area (Å²) in [6.45, 7) is 3.50. The van der Waals surface area contributed by atoms with Gasteiger partial charge in [-0.2, -0.15) is 0 Å². The van der Waals surface area contributed by atoms with Gasteiger partial charge < -0.3 is 10.6 Å². The monoisotopic (exact) mass is 381 g/mol. The van der Waals surface area contributed by atoms with Crippen molar-refractivity contribution in [2.24, 2.45) is 4.99 Å². The summed E-state index contributed by atoms with van der Waals surface area (Å²) in [6, 6.07) is 17.6. The van der Waals surface area contributed by atoms with E-state index >= 15 is 0 Å². The molecule has 2 N–H and O–H groups in total. The molecule has 1 atom stereocenters. The van der Waals surface area contributed by atoms with Gasteiger partial charge in [-0.3, -0.25) is 20.0 Å². The number of benzene rings is 2. The molecule has 7 heteroatoms. The topological polar surface area (TPSA) is 82.8 Å². The van der Waals surface area contributed by atoms with E-state index in [4.69, 9.17) is 0 Å². The maximum absolute atomic E-state index is 10.7. The number of hydrogen-bond acceptors (Lipinski definition) is 4. The molecule has 1 saturated heterocycles. The molecule has 0 bridgehead atoms. The molecule has 1 heterocycles. The van der Waals surface area contributed by atoms with Crippen LogP contribution in [-0.4, -0.2) is 42.0 Å². The molecule has 0 amide bonds. The third-order valence-electron chi connectivity index (χ3n) is 5.06. The number of guanidine groups is 1. The molecule has 1 unspecified atom stereocenters. The standard InChI is InChI=1S/C21H27N5O2/c1-22-21(23-14-17-9-11-19(12-10-17)26(27)28)24-15-20-8-5-13-25(20)16-18-6-3-2-4-7-18/h2-4,6-7,9-12,20H,5,8,13-16H2,1H3,(H2,22,23,24). The molecule has 2 aromatic carbocycles. The SMILES string of the molecule is CN=C(NCc1ccc([N+](=O)[O-])cc1)NCC1CCCN1Cc1ccccc1. The predicted molar refractivity (Wildman–Crippen MR) is 111 cm³/mol. The highest BCUT2D eigenvalue weighted by atomic mass is 16.6. The summed E-state index contributed by atoms with van der Waals surface area (Å²) in [5, 5.41) is 17.4. The van der Waals surface area contributed by atoms with Gasteiger partial charge in [-0.25, -0.2) is 0 Å². The minimum absolute atomic E-state index is 0.103. The first-order valence-corrected chi connectivity index (χ1v) is 9.61. The number of non-ortho nitro benzene ring substituents is 1. The van der Waals surface area contributed by atoms with E-state index in [-0.39, 0.29) is 10.6 Å². The number of nitro groups is 1. The first kappa shape index (κ1) is 19.8. The number of aliphatic imine (C=N–C) groups is 1. The van der Waals surface area contributed by atoms with Gasteiger partial charge in [0.05, 0.1) is 4.92 Å². The van der Waals surface area contributed by atoms with Gasteiger partial charge in [-0.1, -0.05) is 42.5 Å². The van der Waals surface area contributed by atoms with Gasteiger partial charge in [0.25, 0.3) is 5.69 Å². The normalized spacial score (nSPS) is 17.5. The Hall–Kier alpha value is -2.93. The second-order valence-corrected chi connectivity index (χ2v) is 6.98. The maximum Gasteiger partial charge on any atom is 0.269 e. The lowest BCUT2D eigenvalue weighted by atomic mass is 10.2. The Labute approximate surface area is 165 Å². The van der Waals surface area contributed by atoms with E-state index in [9.17, 15) is 10.1 Å². The summed E-state index contributed by atoms with van der Waals surface area (Å²) < 4.78 is 0. The van der Waals surface area contributed by atoms with Crippen LogP contribution < -0.4 is 10.6 Å². The van der Waals surface area contributed by atoms with E-state index in [2.05, 4.69) is 44.8 Å². The second-order valence-electron chi connectivity index (χ2n) is 6.98. The molecule has 0 saturated carbocycles. The molecule has 1 aliphatic heterocycles. The summed E-state index contributed by atoms with van der Waals surface area (Å²) >= 11 is 0. The zero-order chi connectivity index (χ0) is 19.8. The van der Waals surface area contributed by atoms with Crippen molar-refractivity contribution < 1.29 is 4.92 Å². The summed E-state index contributed by atoms with van der Waals surface area (Å²) in [5.41, 5.74) is 2.42. The first-order valence-electron chi connectivity index (χ1n) is 9.61. The number of likely N-dealkylation sites (tertiary alicyclic amines) is 1. The molecule has 148 valence electrons. The van der Waals surface area contributed by atoms with E-state index in [1.807, 2.05) is 6.07 Å². The molecule has 1 fully saturated rings. The third kappa shape index (κ3) is 5.53. The molecular weight excluding hydrogens is 354 g/mol. The van der Waals surface area contributed by atoms with Crippen LogP contribution in [0, 0.1) is 10.1 Å². The van der Waals surface area contributed by atoms with Crippen molar-refractivity contribution in [2.45, 2.75) is 32.0 Å². The fourth-order valence-electron chi connectivity index (χ4n) is 3.51. The fourth-order valence-corrected chi connectivity index (χ4v) is 3.51. The largest absolute Gasteiger partial charge is 0.355 e.